The lowest BCUT2D eigenvalue weighted by Gasteiger charge is -2.36. The summed E-state index contributed by atoms with van der Waals surface area (Å²) in [6.07, 6.45) is 0. The van der Waals surface area contributed by atoms with Crippen LogP contribution >= 0.6 is 11.8 Å². The second-order valence-electron chi connectivity index (χ2n) is 10.1. The first-order valence-electron chi connectivity index (χ1n) is 12.3. The number of thioether (sulfide) groups is 1. The molecule has 6 nitrogen and oxygen atoms in total. The van der Waals surface area contributed by atoms with Crippen molar-refractivity contribution in [3.8, 4) is 11.5 Å². The first kappa shape index (κ1) is 26.0. The molecule has 0 saturated carbocycles. The van der Waals surface area contributed by atoms with Crippen molar-refractivity contribution in [1.29, 1.82) is 0 Å². The monoisotopic (exact) mass is 508 g/mol. The number of ether oxygens (including phenoxy) is 2. The quantitative estimate of drug-likeness (QED) is 0.357. The lowest BCUT2D eigenvalue weighted by Crippen LogP contribution is -2.48. The minimum Gasteiger partial charge on any atom is -0.497 e. The summed E-state index contributed by atoms with van der Waals surface area (Å²) in [5.41, 5.74) is 3.71. The Balaban J connectivity index is 1.35. The number of amides is 1. The number of aryl methyl sites for hydroxylation is 1. The van der Waals surface area contributed by atoms with Crippen molar-refractivity contribution in [3.05, 3.63) is 71.2 Å². The summed E-state index contributed by atoms with van der Waals surface area (Å²) in [5.74, 6) is 3.36. The predicted octanol–water partition coefficient (Wildman–Crippen LogP) is 6.16. The van der Waals surface area contributed by atoms with Crippen molar-refractivity contribution in [3.63, 3.8) is 0 Å². The molecule has 0 aliphatic carbocycles. The zero-order valence-electron chi connectivity index (χ0n) is 22.1. The highest BCUT2D eigenvalue weighted by atomic mass is 32.2. The third-order valence-corrected chi connectivity index (χ3v) is 7.74. The molecule has 36 heavy (non-hydrogen) atoms. The molecule has 0 unspecified atom stereocenters. The van der Waals surface area contributed by atoms with E-state index < -0.39 is 0 Å². The first-order valence-corrected chi connectivity index (χ1v) is 13.3. The molecular weight excluding hydrogens is 472 g/mol. The van der Waals surface area contributed by atoms with Crippen LogP contribution in [0.3, 0.4) is 0 Å². The predicted molar refractivity (Wildman–Crippen MR) is 146 cm³/mol. The fraction of sp³-hybridized carbons (Fsp3) is 0.414. The van der Waals surface area contributed by atoms with Gasteiger partial charge in [-0.05, 0) is 41.7 Å². The van der Waals surface area contributed by atoms with Gasteiger partial charge in [-0.2, -0.15) is 0 Å². The van der Waals surface area contributed by atoms with Crippen LogP contribution in [0.15, 0.2) is 57.8 Å². The highest BCUT2D eigenvalue weighted by molar-refractivity contribution is 7.98. The Hall–Kier alpha value is -3.06. The van der Waals surface area contributed by atoms with E-state index in [1.54, 1.807) is 32.0 Å². The number of hydrogen-bond acceptors (Lipinski definition) is 6. The van der Waals surface area contributed by atoms with Crippen LogP contribution in [0.4, 0.5) is 5.69 Å². The number of carbonyl (C=O) groups excluding carboxylic acids is 1. The summed E-state index contributed by atoms with van der Waals surface area (Å²) >= 11 is 1.75. The summed E-state index contributed by atoms with van der Waals surface area (Å²) in [6.45, 7) is 11.5. The summed E-state index contributed by atoms with van der Waals surface area (Å²) in [4.78, 5) is 18.5. The molecule has 1 aliphatic rings. The van der Waals surface area contributed by atoms with Gasteiger partial charge in [-0.3, -0.25) is 4.79 Å². The number of hydrogen-bond donors (Lipinski definition) is 0. The Kier molecular flexibility index (Phi) is 7.88. The Morgan fingerprint density at radius 2 is 1.61 bits per heavy atom. The van der Waals surface area contributed by atoms with E-state index in [0.29, 0.717) is 24.6 Å². The number of piperazine rings is 1. The number of anilines is 1. The summed E-state index contributed by atoms with van der Waals surface area (Å²) in [5, 5.41) is 0. The Morgan fingerprint density at radius 3 is 2.22 bits per heavy atom. The molecule has 1 aromatic heterocycles. The van der Waals surface area contributed by atoms with Crippen LogP contribution in [0.5, 0.6) is 11.5 Å². The van der Waals surface area contributed by atoms with Gasteiger partial charge in [-0.1, -0.05) is 32.9 Å². The van der Waals surface area contributed by atoms with Crippen LogP contribution in [0.1, 0.15) is 48.2 Å². The van der Waals surface area contributed by atoms with E-state index >= 15 is 0 Å². The van der Waals surface area contributed by atoms with Crippen LogP contribution in [0, 0.1) is 6.92 Å². The van der Waals surface area contributed by atoms with Crippen LogP contribution in [-0.4, -0.2) is 51.2 Å². The largest absolute Gasteiger partial charge is 0.497 e. The van der Waals surface area contributed by atoms with Gasteiger partial charge in [0, 0.05) is 55.0 Å². The molecule has 4 rings (SSSR count). The fourth-order valence-corrected chi connectivity index (χ4v) is 5.20. The van der Waals surface area contributed by atoms with Crippen molar-refractivity contribution in [2.75, 3.05) is 45.3 Å². The van der Waals surface area contributed by atoms with E-state index in [2.05, 4.69) is 50.8 Å². The SMILES string of the molecule is COc1cc(OC)cc(N2CCN(C(=O)c3ccc(CSc4cc(C(C)(C)C)ccc4C)o3)CC2)c1. The third kappa shape index (κ3) is 6.01. The smallest absolute Gasteiger partial charge is 0.289 e. The lowest BCUT2D eigenvalue weighted by molar-refractivity contribution is 0.0713. The van der Waals surface area contributed by atoms with Crippen molar-refractivity contribution in [2.24, 2.45) is 0 Å². The molecule has 1 fully saturated rings. The molecule has 3 aromatic rings. The number of benzene rings is 2. The molecule has 1 saturated heterocycles. The molecule has 192 valence electrons. The van der Waals surface area contributed by atoms with Crippen LogP contribution in [0.25, 0.3) is 0 Å². The maximum absolute atomic E-state index is 13.1. The van der Waals surface area contributed by atoms with E-state index in [1.807, 2.05) is 29.2 Å². The number of nitrogens with zero attached hydrogens (tertiary/aromatic N) is 2. The highest BCUT2D eigenvalue weighted by Gasteiger charge is 2.25. The summed E-state index contributed by atoms with van der Waals surface area (Å²) in [7, 11) is 3.30. The number of methoxy groups -OCH3 is 2. The maximum Gasteiger partial charge on any atom is 0.289 e. The maximum atomic E-state index is 13.1. The average molecular weight is 509 g/mol. The van der Waals surface area contributed by atoms with Gasteiger partial charge in [0.25, 0.3) is 5.91 Å². The molecule has 1 aliphatic heterocycles. The van der Waals surface area contributed by atoms with Gasteiger partial charge in [0.05, 0.1) is 20.0 Å². The molecular formula is C29H36N2O4S. The van der Waals surface area contributed by atoms with Crippen molar-refractivity contribution >= 4 is 23.4 Å². The molecule has 2 aromatic carbocycles. The minimum atomic E-state index is -0.0555. The van der Waals surface area contributed by atoms with E-state index in [1.165, 1.54) is 16.0 Å². The molecule has 0 bridgehead atoms. The molecule has 0 radical (unpaired) electrons. The zero-order chi connectivity index (χ0) is 25.9. The lowest BCUT2D eigenvalue weighted by atomic mass is 9.87. The van der Waals surface area contributed by atoms with Gasteiger partial charge < -0.3 is 23.7 Å². The fourth-order valence-electron chi connectivity index (χ4n) is 4.24. The molecule has 0 atom stereocenters. The van der Waals surface area contributed by atoms with Gasteiger partial charge in [-0.15, -0.1) is 11.8 Å². The number of rotatable bonds is 7. The molecule has 0 spiro atoms. The van der Waals surface area contributed by atoms with Gasteiger partial charge in [-0.25, -0.2) is 0 Å². The molecule has 1 amide bonds. The van der Waals surface area contributed by atoms with Gasteiger partial charge >= 0.3 is 0 Å². The Labute approximate surface area is 218 Å². The first-order chi connectivity index (χ1) is 17.2. The van der Waals surface area contributed by atoms with Gasteiger partial charge in [0.2, 0.25) is 0 Å². The summed E-state index contributed by atoms with van der Waals surface area (Å²) in [6, 6.07) is 16.2. The van der Waals surface area contributed by atoms with Crippen LogP contribution < -0.4 is 14.4 Å². The second kappa shape index (κ2) is 10.9. The Bertz CT molecular complexity index is 1180. The van der Waals surface area contributed by atoms with Crippen molar-refractivity contribution in [1.82, 2.24) is 4.90 Å². The average Bonchev–Trinajstić information content (AvgIpc) is 3.36. The molecule has 0 N–H and O–H groups in total. The van der Waals surface area contributed by atoms with Gasteiger partial charge in [0.1, 0.15) is 17.3 Å². The summed E-state index contributed by atoms with van der Waals surface area (Å²) < 4.78 is 16.8. The van der Waals surface area contributed by atoms with E-state index in [-0.39, 0.29) is 11.3 Å². The topological polar surface area (TPSA) is 55.2 Å². The van der Waals surface area contributed by atoms with E-state index in [0.717, 1.165) is 36.0 Å². The normalized spacial score (nSPS) is 14.2. The zero-order valence-corrected chi connectivity index (χ0v) is 22.9. The minimum absolute atomic E-state index is 0.0555. The van der Waals surface area contributed by atoms with E-state index in [4.69, 9.17) is 13.9 Å². The van der Waals surface area contributed by atoms with Crippen LogP contribution in [0.2, 0.25) is 0 Å². The number of carbonyl (C=O) groups is 1. The number of furan rings is 1. The highest BCUT2D eigenvalue weighted by Crippen LogP contribution is 2.32. The molecule has 7 heteroatoms. The van der Waals surface area contributed by atoms with Crippen molar-refractivity contribution < 1.29 is 18.7 Å². The standard InChI is InChI=1S/C29H36N2O4S/c1-20-7-8-21(29(2,3)4)15-27(20)36-19-23-9-10-26(35-23)28(32)31-13-11-30(12-14-31)22-16-24(33-5)18-25(17-22)34-6/h7-10,15-18H,11-14,19H2,1-6H3. The van der Waals surface area contributed by atoms with Gasteiger partial charge in [0.15, 0.2) is 5.76 Å². The van der Waals surface area contributed by atoms with Crippen molar-refractivity contribution in [2.45, 2.75) is 43.8 Å². The third-order valence-electron chi connectivity index (χ3n) is 6.56. The Morgan fingerprint density at radius 1 is 0.944 bits per heavy atom. The van der Waals surface area contributed by atoms with E-state index in [9.17, 15) is 4.79 Å². The van der Waals surface area contributed by atoms with Crippen LogP contribution in [-0.2, 0) is 11.2 Å². The molecule has 2 heterocycles. The second-order valence-corrected chi connectivity index (χ2v) is 11.2.